The molecule has 0 aliphatic carbocycles. The summed E-state index contributed by atoms with van der Waals surface area (Å²) in [5.41, 5.74) is 0.327. The van der Waals surface area contributed by atoms with Crippen molar-refractivity contribution >= 4 is 8.24 Å². The van der Waals surface area contributed by atoms with Crippen LogP contribution < -0.4 is 4.98 Å². The summed E-state index contributed by atoms with van der Waals surface area (Å²) in [5.74, 6) is 0. The lowest BCUT2D eigenvalue weighted by Crippen LogP contribution is -2.62. The van der Waals surface area contributed by atoms with Crippen LogP contribution in [0.2, 0.25) is 19.1 Å². The molecule has 0 fully saturated rings. The molecular weight excluding hydrogens is 272 g/mol. The summed E-state index contributed by atoms with van der Waals surface area (Å²) < 4.78 is 0. The highest BCUT2D eigenvalue weighted by Crippen LogP contribution is 2.22. The highest BCUT2D eigenvalue weighted by molar-refractivity contribution is 6.75. The molecule has 0 saturated carbocycles. The van der Waals surface area contributed by atoms with Crippen molar-refractivity contribution in [3.8, 4) is 0 Å². The van der Waals surface area contributed by atoms with Gasteiger partial charge in [0.15, 0.2) is 0 Å². The lowest BCUT2D eigenvalue weighted by Gasteiger charge is -2.43. The van der Waals surface area contributed by atoms with E-state index in [0.717, 1.165) is 0 Å². The summed E-state index contributed by atoms with van der Waals surface area (Å²) in [7, 11) is -1.26. The SMILES string of the molecule is CCCCN(CCCC)CC(CC)(CC)N[Si](C)(C)CC. The maximum atomic E-state index is 4.14. The van der Waals surface area contributed by atoms with Gasteiger partial charge in [-0.05, 0) is 44.8 Å². The third-order valence-corrected chi connectivity index (χ3v) is 8.00. The van der Waals surface area contributed by atoms with Crippen LogP contribution in [0.15, 0.2) is 0 Å². The number of unbranched alkanes of at least 4 members (excludes halogenated alkanes) is 2. The zero-order valence-electron chi connectivity index (χ0n) is 16.0. The van der Waals surface area contributed by atoms with Crippen LogP contribution in [-0.4, -0.2) is 38.3 Å². The second-order valence-corrected chi connectivity index (χ2v) is 12.1. The topological polar surface area (TPSA) is 15.3 Å². The molecule has 0 aliphatic rings. The fourth-order valence-electron chi connectivity index (χ4n) is 2.96. The average Bonchev–Trinajstić information content (AvgIpc) is 2.48. The van der Waals surface area contributed by atoms with Crippen LogP contribution in [0.4, 0.5) is 0 Å². The summed E-state index contributed by atoms with van der Waals surface area (Å²) in [6, 6.07) is 1.32. The molecule has 0 aromatic carbocycles. The number of nitrogens with one attached hydrogen (secondary N) is 1. The number of nitrogens with zero attached hydrogens (tertiary/aromatic N) is 1. The Morgan fingerprint density at radius 1 is 0.857 bits per heavy atom. The van der Waals surface area contributed by atoms with E-state index in [0.29, 0.717) is 5.54 Å². The molecule has 3 heteroatoms. The summed E-state index contributed by atoms with van der Waals surface area (Å²) in [4.78, 5) is 6.87. The Hall–Kier alpha value is 0.137. The monoisotopic (exact) mass is 314 g/mol. The van der Waals surface area contributed by atoms with Crippen molar-refractivity contribution < 1.29 is 0 Å². The minimum atomic E-state index is -1.26. The van der Waals surface area contributed by atoms with Crippen LogP contribution in [-0.2, 0) is 0 Å². The zero-order chi connectivity index (χ0) is 16.4. The number of rotatable bonds is 13. The summed E-state index contributed by atoms with van der Waals surface area (Å²) in [5, 5.41) is 0. The van der Waals surface area contributed by atoms with Crippen LogP contribution in [0.5, 0.6) is 0 Å². The van der Waals surface area contributed by atoms with Gasteiger partial charge in [0.2, 0.25) is 0 Å². The Labute approximate surface area is 136 Å². The lowest BCUT2D eigenvalue weighted by molar-refractivity contribution is 0.180. The Balaban J connectivity index is 4.87. The predicted octanol–water partition coefficient (Wildman–Crippen LogP) is 5.26. The van der Waals surface area contributed by atoms with Gasteiger partial charge in [-0.2, -0.15) is 0 Å². The van der Waals surface area contributed by atoms with Crippen LogP contribution in [0.3, 0.4) is 0 Å². The van der Waals surface area contributed by atoms with Gasteiger partial charge in [-0.1, -0.05) is 60.6 Å². The summed E-state index contributed by atoms with van der Waals surface area (Å²) >= 11 is 0. The van der Waals surface area contributed by atoms with E-state index in [-0.39, 0.29) is 0 Å². The van der Waals surface area contributed by atoms with Gasteiger partial charge in [-0.15, -0.1) is 0 Å². The van der Waals surface area contributed by atoms with Crippen LogP contribution in [0.25, 0.3) is 0 Å². The van der Waals surface area contributed by atoms with Crippen LogP contribution in [0, 0.1) is 0 Å². The molecule has 0 spiro atoms. The number of hydrogen-bond acceptors (Lipinski definition) is 2. The molecule has 0 aromatic heterocycles. The molecule has 0 aromatic rings. The molecule has 2 nitrogen and oxygen atoms in total. The molecule has 0 saturated heterocycles. The third-order valence-electron chi connectivity index (χ3n) is 5.02. The summed E-state index contributed by atoms with van der Waals surface area (Å²) in [6.07, 6.45) is 7.76. The minimum Gasteiger partial charge on any atom is -0.331 e. The van der Waals surface area contributed by atoms with Crippen molar-refractivity contribution in [1.82, 2.24) is 9.88 Å². The Morgan fingerprint density at radius 3 is 1.67 bits per heavy atom. The zero-order valence-corrected chi connectivity index (χ0v) is 17.0. The van der Waals surface area contributed by atoms with Crippen molar-refractivity contribution in [2.45, 2.75) is 97.8 Å². The molecule has 0 bridgehead atoms. The molecule has 1 N–H and O–H groups in total. The van der Waals surface area contributed by atoms with E-state index in [1.807, 2.05) is 0 Å². The first-order chi connectivity index (χ1) is 9.88. The molecule has 21 heavy (non-hydrogen) atoms. The smallest absolute Gasteiger partial charge is 0.119 e. The van der Waals surface area contributed by atoms with Gasteiger partial charge in [-0.25, -0.2) is 0 Å². The molecule has 0 atom stereocenters. The van der Waals surface area contributed by atoms with Crippen molar-refractivity contribution in [3.63, 3.8) is 0 Å². The van der Waals surface area contributed by atoms with Crippen molar-refractivity contribution in [2.75, 3.05) is 19.6 Å². The second kappa shape index (κ2) is 10.8. The van der Waals surface area contributed by atoms with E-state index in [1.54, 1.807) is 0 Å². The minimum absolute atomic E-state index is 0.327. The Bertz CT molecular complexity index is 242. The molecule has 0 amide bonds. The average molecular weight is 315 g/mol. The van der Waals surface area contributed by atoms with E-state index in [9.17, 15) is 0 Å². The van der Waals surface area contributed by atoms with Crippen LogP contribution in [0.1, 0.15) is 73.1 Å². The van der Waals surface area contributed by atoms with E-state index >= 15 is 0 Å². The van der Waals surface area contributed by atoms with E-state index in [1.165, 1.54) is 64.2 Å². The molecule has 0 aliphatic heterocycles. The van der Waals surface area contributed by atoms with Gasteiger partial charge in [0, 0.05) is 12.1 Å². The van der Waals surface area contributed by atoms with Crippen LogP contribution >= 0.6 is 0 Å². The Morgan fingerprint density at radius 2 is 1.33 bits per heavy atom. The quantitative estimate of drug-likeness (QED) is 0.466. The van der Waals surface area contributed by atoms with Gasteiger partial charge < -0.3 is 9.88 Å². The van der Waals surface area contributed by atoms with Gasteiger partial charge in [-0.3, -0.25) is 0 Å². The third kappa shape index (κ3) is 8.37. The lowest BCUT2D eigenvalue weighted by atomic mass is 9.93. The fraction of sp³-hybridized carbons (Fsp3) is 1.00. The van der Waals surface area contributed by atoms with Gasteiger partial charge in [0.1, 0.15) is 8.24 Å². The molecule has 0 radical (unpaired) electrons. The van der Waals surface area contributed by atoms with Gasteiger partial charge >= 0.3 is 0 Å². The maximum Gasteiger partial charge on any atom is 0.119 e. The first-order valence-electron chi connectivity index (χ1n) is 9.40. The van der Waals surface area contributed by atoms with Crippen molar-refractivity contribution in [3.05, 3.63) is 0 Å². The molecule has 128 valence electrons. The predicted molar refractivity (Wildman–Crippen MR) is 101 cm³/mol. The van der Waals surface area contributed by atoms with Crippen molar-refractivity contribution in [2.24, 2.45) is 0 Å². The maximum absolute atomic E-state index is 4.14. The Kier molecular flexibility index (Phi) is 10.9. The summed E-state index contributed by atoms with van der Waals surface area (Å²) in [6.45, 7) is 20.4. The second-order valence-electron chi connectivity index (χ2n) is 7.33. The highest BCUT2D eigenvalue weighted by atomic mass is 28.3. The van der Waals surface area contributed by atoms with E-state index in [2.05, 4.69) is 57.6 Å². The molecular formula is C18H42N2Si. The van der Waals surface area contributed by atoms with Gasteiger partial charge in [0.05, 0.1) is 0 Å². The number of hydrogen-bond donors (Lipinski definition) is 1. The standard InChI is InChI=1S/C18H42N2Si/c1-8-13-15-20(16-14-9-2)17-18(10-3,11-4)19-21(6,7)12-5/h19H,8-17H2,1-7H3. The first kappa shape index (κ1) is 21.1. The molecule has 0 rings (SSSR count). The van der Waals surface area contributed by atoms with E-state index < -0.39 is 8.24 Å². The molecule has 0 unspecified atom stereocenters. The normalized spacial score (nSPS) is 13.1. The largest absolute Gasteiger partial charge is 0.331 e. The van der Waals surface area contributed by atoms with Crippen molar-refractivity contribution in [1.29, 1.82) is 0 Å². The highest BCUT2D eigenvalue weighted by Gasteiger charge is 2.34. The van der Waals surface area contributed by atoms with E-state index in [4.69, 9.17) is 0 Å². The molecule has 0 heterocycles. The van der Waals surface area contributed by atoms with Gasteiger partial charge in [0.25, 0.3) is 0 Å². The first-order valence-corrected chi connectivity index (χ1v) is 12.6. The fourth-order valence-corrected chi connectivity index (χ4v) is 5.00.